The molecule has 104 valence electrons. The molecule has 0 saturated carbocycles. The molecule has 2 aromatic carbocycles. The smallest absolute Gasteiger partial charge is 0.137 e. The van der Waals surface area contributed by atoms with Crippen molar-refractivity contribution in [2.24, 2.45) is 5.92 Å². The molecule has 1 aliphatic rings. The summed E-state index contributed by atoms with van der Waals surface area (Å²) in [5, 5.41) is 3.40. The van der Waals surface area contributed by atoms with Crippen molar-refractivity contribution in [3.05, 3.63) is 69.4 Å². The number of fused-ring (bicyclic) bond motifs is 1. The molecule has 0 aliphatic heterocycles. The number of halogens is 2. The van der Waals surface area contributed by atoms with Crippen molar-refractivity contribution in [2.75, 3.05) is 7.05 Å². The van der Waals surface area contributed by atoms with Gasteiger partial charge in [0, 0.05) is 6.04 Å². The second-order valence-electron chi connectivity index (χ2n) is 5.38. The normalized spacial score (nSPS) is 16.1. The lowest BCUT2D eigenvalue weighted by Gasteiger charge is -2.23. The van der Waals surface area contributed by atoms with Crippen molar-refractivity contribution < 1.29 is 4.39 Å². The molecule has 0 saturated heterocycles. The Kier molecular flexibility index (Phi) is 3.90. The van der Waals surface area contributed by atoms with E-state index in [0.717, 1.165) is 18.4 Å². The highest BCUT2D eigenvalue weighted by molar-refractivity contribution is 9.10. The number of benzene rings is 2. The van der Waals surface area contributed by atoms with Gasteiger partial charge >= 0.3 is 0 Å². The van der Waals surface area contributed by atoms with Gasteiger partial charge in [-0.05, 0) is 70.6 Å². The van der Waals surface area contributed by atoms with Gasteiger partial charge in [0.1, 0.15) is 5.82 Å². The first-order valence-electron chi connectivity index (χ1n) is 6.88. The van der Waals surface area contributed by atoms with E-state index in [4.69, 9.17) is 0 Å². The number of rotatable bonds is 3. The van der Waals surface area contributed by atoms with E-state index in [1.54, 1.807) is 0 Å². The summed E-state index contributed by atoms with van der Waals surface area (Å²) in [5.41, 5.74) is 4.02. The summed E-state index contributed by atoms with van der Waals surface area (Å²) in [4.78, 5) is 0. The van der Waals surface area contributed by atoms with Gasteiger partial charge < -0.3 is 5.32 Å². The van der Waals surface area contributed by atoms with Gasteiger partial charge in [0.05, 0.1) is 4.47 Å². The predicted octanol–water partition coefficient (Wildman–Crippen LogP) is 4.26. The third kappa shape index (κ3) is 2.52. The summed E-state index contributed by atoms with van der Waals surface area (Å²) in [7, 11) is 1.98. The molecule has 0 fully saturated rings. The third-order valence-electron chi connectivity index (χ3n) is 4.17. The number of hydrogen-bond donors (Lipinski definition) is 1. The SMILES string of the molecule is CNC(c1ccc(F)c(Br)c1)C1Cc2ccccc2C1. The number of nitrogens with one attached hydrogen (secondary N) is 1. The lowest BCUT2D eigenvalue weighted by molar-refractivity contribution is 0.396. The van der Waals surface area contributed by atoms with Crippen LogP contribution in [0.1, 0.15) is 22.7 Å². The standard InChI is InChI=1S/C17H17BrFN/c1-20-17(13-6-7-16(19)15(18)10-13)14-8-11-4-2-3-5-12(11)9-14/h2-7,10,14,17,20H,8-9H2,1H3. The molecule has 0 spiro atoms. The van der Waals surface area contributed by atoms with Crippen LogP contribution in [0.4, 0.5) is 4.39 Å². The van der Waals surface area contributed by atoms with Gasteiger partial charge in [-0.3, -0.25) is 0 Å². The Labute approximate surface area is 127 Å². The molecule has 3 heteroatoms. The molecule has 3 rings (SSSR count). The van der Waals surface area contributed by atoms with Crippen LogP contribution in [-0.4, -0.2) is 7.05 Å². The maximum absolute atomic E-state index is 13.4. The first-order valence-corrected chi connectivity index (χ1v) is 7.67. The van der Waals surface area contributed by atoms with Crippen LogP contribution in [0.3, 0.4) is 0 Å². The fourth-order valence-electron chi connectivity index (χ4n) is 3.21. The molecule has 1 atom stereocenters. The minimum atomic E-state index is -0.210. The molecule has 2 aromatic rings. The molecule has 0 radical (unpaired) electrons. The molecular formula is C17H17BrFN. The molecule has 0 bridgehead atoms. The van der Waals surface area contributed by atoms with E-state index < -0.39 is 0 Å². The lowest BCUT2D eigenvalue weighted by atomic mass is 9.90. The van der Waals surface area contributed by atoms with Crippen LogP contribution in [0.15, 0.2) is 46.9 Å². The average Bonchev–Trinajstić information content (AvgIpc) is 2.87. The van der Waals surface area contributed by atoms with Crippen LogP contribution in [0.2, 0.25) is 0 Å². The number of hydrogen-bond acceptors (Lipinski definition) is 1. The summed E-state index contributed by atoms with van der Waals surface area (Å²) in [6, 6.07) is 14.2. The highest BCUT2D eigenvalue weighted by Gasteiger charge is 2.28. The topological polar surface area (TPSA) is 12.0 Å². The first-order chi connectivity index (χ1) is 9.69. The van der Waals surface area contributed by atoms with E-state index in [-0.39, 0.29) is 11.9 Å². The maximum Gasteiger partial charge on any atom is 0.137 e. The van der Waals surface area contributed by atoms with Gasteiger partial charge in [0.15, 0.2) is 0 Å². The van der Waals surface area contributed by atoms with Crippen molar-refractivity contribution in [3.63, 3.8) is 0 Å². The predicted molar refractivity (Wildman–Crippen MR) is 83.2 cm³/mol. The van der Waals surface area contributed by atoms with Crippen LogP contribution in [-0.2, 0) is 12.8 Å². The zero-order valence-electron chi connectivity index (χ0n) is 11.4. The van der Waals surface area contributed by atoms with Crippen LogP contribution >= 0.6 is 15.9 Å². The van der Waals surface area contributed by atoms with Crippen LogP contribution in [0, 0.1) is 11.7 Å². The summed E-state index contributed by atoms with van der Waals surface area (Å²) >= 11 is 3.28. The molecule has 1 N–H and O–H groups in total. The molecular weight excluding hydrogens is 317 g/mol. The zero-order chi connectivity index (χ0) is 14.1. The highest BCUT2D eigenvalue weighted by Crippen LogP contribution is 2.36. The molecule has 0 aromatic heterocycles. The van der Waals surface area contributed by atoms with E-state index in [0.29, 0.717) is 10.4 Å². The minimum Gasteiger partial charge on any atom is -0.313 e. The van der Waals surface area contributed by atoms with E-state index in [9.17, 15) is 4.39 Å². The van der Waals surface area contributed by atoms with Crippen molar-refractivity contribution in [1.29, 1.82) is 0 Å². The molecule has 0 amide bonds. The van der Waals surface area contributed by atoms with Gasteiger partial charge in [0.2, 0.25) is 0 Å². The van der Waals surface area contributed by atoms with Crippen molar-refractivity contribution >= 4 is 15.9 Å². The quantitative estimate of drug-likeness (QED) is 0.884. The molecule has 20 heavy (non-hydrogen) atoms. The molecule has 1 aliphatic carbocycles. The largest absolute Gasteiger partial charge is 0.313 e. The van der Waals surface area contributed by atoms with Gasteiger partial charge in [0.25, 0.3) is 0 Å². The summed E-state index contributed by atoms with van der Waals surface area (Å²) in [5.74, 6) is 0.313. The van der Waals surface area contributed by atoms with E-state index in [1.165, 1.54) is 17.2 Å². The highest BCUT2D eigenvalue weighted by atomic mass is 79.9. The summed E-state index contributed by atoms with van der Waals surface area (Å²) < 4.78 is 13.9. The van der Waals surface area contributed by atoms with Gasteiger partial charge in [-0.25, -0.2) is 4.39 Å². The van der Waals surface area contributed by atoms with Gasteiger partial charge in [-0.1, -0.05) is 30.3 Å². The second kappa shape index (κ2) is 5.66. The maximum atomic E-state index is 13.4. The fourth-order valence-corrected chi connectivity index (χ4v) is 3.61. The van der Waals surface area contributed by atoms with Crippen LogP contribution < -0.4 is 5.32 Å². The lowest BCUT2D eigenvalue weighted by Crippen LogP contribution is -2.25. The average molecular weight is 334 g/mol. The molecule has 1 nitrogen and oxygen atoms in total. The van der Waals surface area contributed by atoms with Gasteiger partial charge in [-0.2, -0.15) is 0 Å². The summed E-state index contributed by atoms with van der Waals surface area (Å²) in [6.45, 7) is 0. The van der Waals surface area contributed by atoms with Crippen LogP contribution in [0.25, 0.3) is 0 Å². The van der Waals surface area contributed by atoms with Crippen molar-refractivity contribution in [3.8, 4) is 0 Å². The Balaban J connectivity index is 1.87. The Morgan fingerprint density at radius 2 is 1.80 bits per heavy atom. The van der Waals surface area contributed by atoms with Crippen LogP contribution in [0.5, 0.6) is 0 Å². The second-order valence-corrected chi connectivity index (χ2v) is 6.23. The van der Waals surface area contributed by atoms with Gasteiger partial charge in [-0.15, -0.1) is 0 Å². The zero-order valence-corrected chi connectivity index (χ0v) is 13.0. The van der Waals surface area contributed by atoms with E-state index in [2.05, 4.69) is 45.5 Å². The monoisotopic (exact) mass is 333 g/mol. The third-order valence-corrected chi connectivity index (χ3v) is 4.78. The molecule has 1 unspecified atom stereocenters. The fraction of sp³-hybridized carbons (Fsp3) is 0.294. The Morgan fingerprint density at radius 3 is 2.35 bits per heavy atom. The van der Waals surface area contributed by atoms with Crippen molar-refractivity contribution in [2.45, 2.75) is 18.9 Å². The first kappa shape index (κ1) is 13.8. The Morgan fingerprint density at radius 1 is 1.15 bits per heavy atom. The summed E-state index contributed by atoms with van der Waals surface area (Å²) in [6.07, 6.45) is 2.16. The minimum absolute atomic E-state index is 0.210. The van der Waals surface area contributed by atoms with Crippen molar-refractivity contribution in [1.82, 2.24) is 5.32 Å². The Hall–Kier alpha value is -1.19. The Bertz CT molecular complexity index is 601. The van der Waals surface area contributed by atoms with E-state index >= 15 is 0 Å². The van der Waals surface area contributed by atoms with E-state index in [1.807, 2.05) is 19.2 Å². The molecule has 0 heterocycles.